The smallest absolute Gasteiger partial charge is 0.325 e. The minimum Gasteiger partial charge on any atom is -0.494 e. The first kappa shape index (κ1) is 25.4. The predicted octanol–water partition coefficient (Wildman–Crippen LogP) is 3.28. The Kier molecular flexibility index (Phi) is 7.38. The van der Waals surface area contributed by atoms with E-state index < -0.39 is 11.2 Å². The van der Waals surface area contributed by atoms with Crippen LogP contribution >= 0.6 is 23.1 Å². The van der Waals surface area contributed by atoms with Gasteiger partial charge in [-0.3, -0.25) is 19.1 Å². The molecule has 0 radical (unpaired) electrons. The highest BCUT2D eigenvalue weighted by atomic mass is 32.2. The molecular weight excluding hydrogens is 526 g/mol. The molecule has 0 aliphatic heterocycles. The Balaban J connectivity index is 1.38. The van der Waals surface area contributed by atoms with Crippen molar-refractivity contribution in [2.24, 2.45) is 0 Å². The van der Waals surface area contributed by atoms with Crippen LogP contribution in [0.2, 0.25) is 0 Å². The van der Waals surface area contributed by atoms with Crippen molar-refractivity contribution in [2.45, 2.75) is 25.4 Å². The van der Waals surface area contributed by atoms with E-state index in [-0.39, 0.29) is 18.1 Å². The molecular formula is C25H23N7O4S2. The first-order valence-corrected chi connectivity index (χ1v) is 13.5. The molecule has 5 rings (SSSR count). The molecule has 1 amide bonds. The SMILES string of the molecule is CCOc1ccc(-n2c(Cc3cc(=O)[nH]c(=O)[nH]3)nnc2SCC(=O)Nc2nc3ccc(C)cc3s2)cc1. The number of nitrogens with zero attached hydrogens (tertiary/aromatic N) is 4. The number of carbonyl (C=O) groups is 1. The quantitative estimate of drug-likeness (QED) is 0.237. The number of aromatic nitrogens is 6. The van der Waals surface area contributed by atoms with Gasteiger partial charge in [-0.25, -0.2) is 9.78 Å². The number of aromatic amines is 2. The highest BCUT2D eigenvalue weighted by molar-refractivity contribution is 7.99. The van der Waals surface area contributed by atoms with E-state index in [4.69, 9.17) is 4.74 Å². The Morgan fingerprint density at radius 3 is 2.68 bits per heavy atom. The number of thioether (sulfide) groups is 1. The summed E-state index contributed by atoms with van der Waals surface area (Å²) in [6.45, 7) is 4.46. The van der Waals surface area contributed by atoms with Crippen molar-refractivity contribution >= 4 is 44.4 Å². The number of H-pyrrole nitrogens is 2. The number of rotatable bonds is 9. The summed E-state index contributed by atoms with van der Waals surface area (Å²) < 4.78 is 8.33. The molecule has 0 bridgehead atoms. The number of amides is 1. The number of benzene rings is 2. The summed E-state index contributed by atoms with van der Waals surface area (Å²) >= 11 is 2.63. The van der Waals surface area contributed by atoms with Crippen LogP contribution in [0, 0.1) is 6.92 Å². The Morgan fingerprint density at radius 1 is 1.11 bits per heavy atom. The standard InChI is InChI=1S/C25H23N7O4S2/c1-3-36-17-7-5-16(6-8-17)32-20(11-15-12-21(33)28-23(35)26-15)30-31-25(32)37-13-22(34)29-24-27-18-9-4-14(2)10-19(18)38-24/h4-10,12H,3,11,13H2,1-2H3,(H,27,29,34)(H2,26,28,33,35). The van der Waals surface area contributed by atoms with Crippen molar-refractivity contribution in [3.05, 3.63) is 86.5 Å². The van der Waals surface area contributed by atoms with Gasteiger partial charge in [0.1, 0.15) is 11.6 Å². The van der Waals surface area contributed by atoms with Crippen LogP contribution in [-0.4, -0.2) is 48.0 Å². The van der Waals surface area contributed by atoms with Crippen molar-refractivity contribution in [3.63, 3.8) is 0 Å². The molecule has 0 saturated heterocycles. The molecule has 3 aromatic heterocycles. The summed E-state index contributed by atoms with van der Waals surface area (Å²) in [4.78, 5) is 45.5. The van der Waals surface area contributed by atoms with Gasteiger partial charge in [-0.05, 0) is 55.8 Å². The molecule has 0 aliphatic rings. The monoisotopic (exact) mass is 549 g/mol. The van der Waals surface area contributed by atoms with Gasteiger partial charge < -0.3 is 15.0 Å². The number of hydrogen-bond acceptors (Lipinski definition) is 9. The van der Waals surface area contributed by atoms with Gasteiger partial charge in [-0.2, -0.15) is 0 Å². The van der Waals surface area contributed by atoms with Crippen LogP contribution in [0.4, 0.5) is 5.13 Å². The van der Waals surface area contributed by atoms with Crippen molar-refractivity contribution < 1.29 is 9.53 Å². The second-order valence-electron chi connectivity index (χ2n) is 8.28. The summed E-state index contributed by atoms with van der Waals surface area (Å²) in [6, 6.07) is 14.6. The lowest BCUT2D eigenvalue weighted by atomic mass is 10.2. The van der Waals surface area contributed by atoms with Crippen molar-refractivity contribution in [3.8, 4) is 11.4 Å². The molecule has 11 nitrogen and oxygen atoms in total. The van der Waals surface area contributed by atoms with Gasteiger partial charge in [-0.1, -0.05) is 29.2 Å². The molecule has 0 unspecified atom stereocenters. The second-order valence-corrected chi connectivity index (χ2v) is 10.3. The maximum absolute atomic E-state index is 12.7. The number of ether oxygens (including phenoxy) is 1. The lowest BCUT2D eigenvalue weighted by Gasteiger charge is -2.11. The van der Waals surface area contributed by atoms with Crippen LogP contribution < -0.4 is 21.3 Å². The molecule has 13 heteroatoms. The van der Waals surface area contributed by atoms with Gasteiger partial charge in [0.15, 0.2) is 10.3 Å². The van der Waals surface area contributed by atoms with Crippen LogP contribution in [0.1, 0.15) is 24.0 Å². The number of anilines is 1. The summed E-state index contributed by atoms with van der Waals surface area (Å²) in [7, 11) is 0. The molecule has 0 spiro atoms. The lowest BCUT2D eigenvalue weighted by Crippen LogP contribution is -2.23. The van der Waals surface area contributed by atoms with E-state index in [1.54, 1.807) is 4.57 Å². The largest absolute Gasteiger partial charge is 0.494 e. The summed E-state index contributed by atoms with van der Waals surface area (Å²) in [5.74, 6) is 1.04. The van der Waals surface area contributed by atoms with E-state index >= 15 is 0 Å². The first-order valence-electron chi connectivity index (χ1n) is 11.7. The normalized spacial score (nSPS) is 11.1. The third kappa shape index (κ3) is 5.84. The van der Waals surface area contributed by atoms with Crippen molar-refractivity contribution in [1.29, 1.82) is 0 Å². The second kappa shape index (κ2) is 11.0. The molecule has 3 N–H and O–H groups in total. The summed E-state index contributed by atoms with van der Waals surface area (Å²) in [5.41, 5.74) is 1.98. The Bertz CT molecular complexity index is 1690. The summed E-state index contributed by atoms with van der Waals surface area (Å²) in [5, 5.41) is 12.4. The molecule has 0 atom stereocenters. The van der Waals surface area contributed by atoms with E-state index in [0.29, 0.717) is 34.2 Å². The zero-order chi connectivity index (χ0) is 26.6. The van der Waals surface area contributed by atoms with E-state index in [1.807, 2.05) is 56.3 Å². The third-order valence-electron chi connectivity index (χ3n) is 5.39. The molecule has 0 fully saturated rings. The van der Waals surface area contributed by atoms with Gasteiger partial charge in [0.2, 0.25) is 5.91 Å². The number of carbonyl (C=O) groups excluding carboxylic acids is 1. The van der Waals surface area contributed by atoms with Crippen LogP contribution in [0.15, 0.2) is 63.3 Å². The fourth-order valence-electron chi connectivity index (χ4n) is 3.78. The van der Waals surface area contributed by atoms with E-state index in [0.717, 1.165) is 21.5 Å². The van der Waals surface area contributed by atoms with Crippen LogP contribution in [-0.2, 0) is 11.2 Å². The molecule has 2 aromatic carbocycles. The minimum atomic E-state index is -0.601. The average Bonchev–Trinajstić information content (AvgIpc) is 3.45. The number of hydrogen-bond donors (Lipinski definition) is 3. The zero-order valence-electron chi connectivity index (χ0n) is 20.5. The molecule has 0 saturated carbocycles. The zero-order valence-corrected chi connectivity index (χ0v) is 22.1. The van der Waals surface area contributed by atoms with Gasteiger partial charge >= 0.3 is 5.69 Å². The maximum Gasteiger partial charge on any atom is 0.325 e. The lowest BCUT2D eigenvalue weighted by molar-refractivity contribution is -0.113. The minimum absolute atomic E-state index is 0.0754. The van der Waals surface area contributed by atoms with E-state index in [9.17, 15) is 14.4 Å². The number of nitrogens with one attached hydrogen (secondary N) is 3. The van der Waals surface area contributed by atoms with Gasteiger partial charge in [-0.15, -0.1) is 10.2 Å². The number of aryl methyl sites for hydroxylation is 1. The Labute approximate surface area is 224 Å². The van der Waals surface area contributed by atoms with Crippen LogP contribution in [0.3, 0.4) is 0 Å². The number of fused-ring (bicyclic) bond motifs is 1. The fraction of sp³-hybridized carbons (Fsp3) is 0.200. The van der Waals surface area contributed by atoms with E-state index in [2.05, 4.69) is 30.5 Å². The topological polar surface area (TPSA) is 148 Å². The van der Waals surface area contributed by atoms with Crippen LogP contribution in [0.5, 0.6) is 5.75 Å². The molecule has 0 aliphatic carbocycles. The molecule has 194 valence electrons. The summed E-state index contributed by atoms with van der Waals surface area (Å²) in [6.07, 6.45) is 0.150. The Morgan fingerprint density at radius 2 is 1.92 bits per heavy atom. The van der Waals surface area contributed by atoms with E-state index in [1.165, 1.54) is 29.2 Å². The highest BCUT2D eigenvalue weighted by Gasteiger charge is 2.18. The molecule has 5 aromatic rings. The van der Waals surface area contributed by atoms with Crippen LogP contribution in [0.25, 0.3) is 15.9 Å². The predicted molar refractivity (Wildman–Crippen MR) is 147 cm³/mol. The molecule has 3 heterocycles. The van der Waals surface area contributed by atoms with Gasteiger partial charge in [0.05, 0.1) is 22.6 Å². The first-order chi connectivity index (χ1) is 18.4. The number of thiazole rings is 1. The Hall–Kier alpha value is -4.23. The third-order valence-corrected chi connectivity index (χ3v) is 7.26. The van der Waals surface area contributed by atoms with Gasteiger partial charge in [0, 0.05) is 23.9 Å². The highest BCUT2D eigenvalue weighted by Crippen LogP contribution is 2.28. The van der Waals surface area contributed by atoms with Gasteiger partial charge in [0.25, 0.3) is 5.56 Å². The maximum atomic E-state index is 12.7. The van der Waals surface area contributed by atoms with Crippen molar-refractivity contribution in [2.75, 3.05) is 17.7 Å². The fourth-order valence-corrected chi connectivity index (χ4v) is 5.53. The average molecular weight is 550 g/mol. The molecule has 38 heavy (non-hydrogen) atoms. The van der Waals surface area contributed by atoms with Crippen molar-refractivity contribution in [1.82, 2.24) is 29.7 Å².